The molecule has 0 spiro atoms. The predicted octanol–water partition coefficient (Wildman–Crippen LogP) is 3.64. The summed E-state index contributed by atoms with van der Waals surface area (Å²) < 4.78 is 5.67. The number of halogens is 1. The minimum absolute atomic E-state index is 0.377. The number of anilines is 3. The maximum absolute atomic E-state index is 6.37. The number of likely N-dealkylation sites (N-methyl/N-ethyl adjacent to an activating group) is 1. The van der Waals surface area contributed by atoms with E-state index in [1.165, 1.54) is 5.69 Å². The van der Waals surface area contributed by atoms with Crippen molar-refractivity contribution in [3.05, 3.63) is 58.9 Å². The fourth-order valence-corrected chi connectivity index (χ4v) is 3.83. The standard InChI is InChI=1S/C23H29ClN6O/c1-16-6-4-5-7-19(16)26-22-18(24)15-25-23(28-22)27-20-9-8-17(14-21(20)31-3)30-12-10-29(2)11-13-30/h4-9,14-15,23,26-28H,10-13H2,1-3H3. The third kappa shape index (κ3) is 5.06. The quantitative estimate of drug-likeness (QED) is 0.637. The molecule has 0 amide bonds. The lowest BCUT2D eigenvalue weighted by atomic mass is 10.2. The maximum atomic E-state index is 6.37. The van der Waals surface area contributed by atoms with E-state index in [0.717, 1.165) is 48.9 Å². The van der Waals surface area contributed by atoms with Crippen molar-refractivity contribution in [2.24, 2.45) is 4.99 Å². The fourth-order valence-electron chi connectivity index (χ4n) is 3.67. The summed E-state index contributed by atoms with van der Waals surface area (Å²) in [7, 11) is 3.85. The second-order valence-corrected chi connectivity index (χ2v) is 8.21. The third-order valence-corrected chi connectivity index (χ3v) is 5.89. The number of allylic oxidation sites excluding steroid dienone is 1. The first-order valence-corrected chi connectivity index (χ1v) is 10.8. The van der Waals surface area contributed by atoms with Crippen LogP contribution in [0.3, 0.4) is 0 Å². The average molecular weight is 441 g/mol. The van der Waals surface area contributed by atoms with Crippen LogP contribution in [0, 0.1) is 6.92 Å². The number of ether oxygens (including phenoxy) is 1. The van der Waals surface area contributed by atoms with Gasteiger partial charge >= 0.3 is 0 Å². The Morgan fingerprint density at radius 1 is 1.10 bits per heavy atom. The molecule has 2 aromatic carbocycles. The van der Waals surface area contributed by atoms with Crippen LogP contribution in [0.5, 0.6) is 5.75 Å². The Morgan fingerprint density at radius 3 is 2.61 bits per heavy atom. The van der Waals surface area contributed by atoms with E-state index < -0.39 is 0 Å². The molecule has 2 heterocycles. The van der Waals surface area contributed by atoms with Gasteiger partial charge in [-0.1, -0.05) is 29.8 Å². The second kappa shape index (κ2) is 9.49. The molecule has 4 rings (SSSR count). The number of nitrogens with zero attached hydrogens (tertiary/aromatic N) is 3. The minimum atomic E-state index is -0.377. The zero-order valence-corrected chi connectivity index (χ0v) is 18.9. The first-order chi connectivity index (χ1) is 15.0. The molecule has 1 fully saturated rings. The number of aliphatic imine (C=N–C) groups is 1. The molecule has 1 atom stereocenters. The molecule has 0 bridgehead atoms. The molecule has 0 saturated carbocycles. The normalized spacial score (nSPS) is 19.2. The largest absolute Gasteiger partial charge is 0.495 e. The summed E-state index contributed by atoms with van der Waals surface area (Å²) in [6.45, 7) is 6.20. The van der Waals surface area contributed by atoms with Gasteiger partial charge in [-0.3, -0.25) is 0 Å². The molecule has 2 aliphatic rings. The zero-order valence-electron chi connectivity index (χ0n) is 18.2. The van der Waals surface area contributed by atoms with E-state index in [9.17, 15) is 0 Å². The van der Waals surface area contributed by atoms with E-state index in [1.54, 1.807) is 13.3 Å². The molecule has 31 heavy (non-hydrogen) atoms. The predicted molar refractivity (Wildman–Crippen MR) is 129 cm³/mol. The molecule has 0 aromatic heterocycles. The van der Waals surface area contributed by atoms with Crippen LogP contribution in [-0.2, 0) is 0 Å². The lowest BCUT2D eigenvalue weighted by Gasteiger charge is -2.34. The summed E-state index contributed by atoms with van der Waals surface area (Å²) in [6, 6.07) is 14.3. The molecule has 2 aliphatic heterocycles. The van der Waals surface area contributed by atoms with Crippen LogP contribution < -0.4 is 25.6 Å². The van der Waals surface area contributed by atoms with Gasteiger partial charge < -0.3 is 30.5 Å². The summed E-state index contributed by atoms with van der Waals surface area (Å²) in [4.78, 5) is 9.20. The van der Waals surface area contributed by atoms with Crippen LogP contribution >= 0.6 is 11.6 Å². The Kier molecular flexibility index (Phi) is 6.53. The third-order valence-electron chi connectivity index (χ3n) is 5.61. The first-order valence-electron chi connectivity index (χ1n) is 10.4. The van der Waals surface area contributed by atoms with Crippen molar-refractivity contribution < 1.29 is 4.74 Å². The number of aryl methyl sites for hydroxylation is 1. The van der Waals surface area contributed by atoms with Crippen LogP contribution in [0.4, 0.5) is 17.1 Å². The number of rotatable bonds is 6. The van der Waals surface area contributed by atoms with Gasteiger partial charge in [0.25, 0.3) is 0 Å². The molecule has 0 aliphatic carbocycles. The molecule has 1 unspecified atom stereocenters. The average Bonchev–Trinajstić information content (AvgIpc) is 2.78. The van der Waals surface area contributed by atoms with Gasteiger partial charge in [0, 0.05) is 49.8 Å². The first kappa shape index (κ1) is 21.3. The van der Waals surface area contributed by atoms with Crippen LogP contribution in [-0.4, -0.2) is 57.7 Å². The molecule has 8 heteroatoms. The number of piperazine rings is 1. The highest BCUT2D eigenvalue weighted by atomic mass is 35.5. The van der Waals surface area contributed by atoms with Crippen molar-refractivity contribution in [3.8, 4) is 5.75 Å². The fraction of sp³-hybridized carbons (Fsp3) is 0.348. The van der Waals surface area contributed by atoms with Gasteiger partial charge in [0.2, 0.25) is 0 Å². The van der Waals surface area contributed by atoms with Crippen LogP contribution in [0.25, 0.3) is 0 Å². The van der Waals surface area contributed by atoms with Crippen molar-refractivity contribution >= 4 is 34.9 Å². The molecular formula is C23H29ClN6O. The summed E-state index contributed by atoms with van der Waals surface area (Å²) in [5.41, 5.74) is 4.16. The van der Waals surface area contributed by atoms with E-state index >= 15 is 0 Å². The molecule has 164 valence electrons. The Morgan fingerprint density at radius 2 is 1.87 bits per heavy atom. The van der Waals surface area contributed by atoms with E-state index in [1.807, 2.05) is 24.3 Å². The number of nitrogens with one attached hydrogen (secondary N) is 3. The maximum Gasteiger partial charge on any atom is 0.195 e. The summed E-state index contributed by atoms with van der Waals surface area (Å²) in [6.07, 6.45) is 1.28. The van der Waals surface area contributed by atoms with Gasteiger partial charge in [0.05, 0.1) is 17.8 Å². The molecule has 7 nitrogen and oxygen atoms in total. The molecular weight excluding hydrogens is 412 g/mol. The van der Waals surface area contributed by atoms with E-state index in [4.69, 9.17) is 16.3 Å². The number of benzene rings is 2. The highest BCUT2D eigenvalue weighted by molar-refractivity contribution is 6.40. The number of para-hydroxylation sites is 1. The summed E-state index contributed by atoms with van der Waals surface area (Å²) >= 11 is 6.37. The van der Waals surface area contributed by atoms with Gasteiger partial charge in [-0.05, 0) is 37.7 Å². The van der Waals surface area contributed by atoms with Gasteiger partial charge in [0.15, 0.2) is 6.29 Å². The zero-order chi connectivity index (χ0) is 21.8. The Hall–Kier alpha value is -2.90. The molecule has 3 N–H and O–H groups in total. The van der Waals surface area contributed by atoms with Gasteiger partial charge in [-0.15, -0.1) is 0 Å². The van der Waals surface area contributed by atoms with Crippen molar-refractivity contribution in [2.45, 2.75) is 13.2 Å². The highest BCUT2D eigenvalue weighted by Crippen LogP contribution is 2.31. The van der Waals surface area contributed by atoms with E-state index in [0.29, 0.717) is 10.9 Å². The van der Waals surface area contributed by atoms with Crippen molar-refractivity contribution in [2.75, 3.05) is 55.9 Å². The Balaban J connectivity index is 1.45. The smallest absolute Gasteiger partial charge is 0.195 e. The van der Waals surface area contributed by atoms with Gasteiger partial charge in [0.1, 0.15) is 11.6 Å². The van der Waals surface area contributed by atoms with Crippen molar-refractivity contribution in [3.63, 3.8) is 0 Å². The highest BCUT2D eigenvalue weighted by Gasteiger charge is 2.19. The number of hydrogen-bond donors (Lipinski definition) is 3. The Bertz CT molecular complexity index is 984. The molecule has 0 radical (unpaired) electrons. The SMILES string of the molecule is COc1cc(N2CCN(C)CC2)ccc1NC1N=CC(Cl)=C(Nc2ccccc2C)N1. The summed E-state index contributed by atoms with van der Waals surface area (Å²) in [5.74, 6) is 1.49. The Labute approximate surface area is 188 Å². The summed E-state index contributed by atoms with van der Waals surface area (Å²) in [5, 5.41) is 10.6. The minimum Gasteiger partial charge on any atom is -0.495 e. The topological polar surface area (TPSA) is 64.2 Å². The molecule has 2 aromatic rings. The van der Waals surface area contributed by atoms with Crippen LogP contribution in [0.15, 0.2) is 58.3 Å². The van der Waals surface area contributed by atoms with Crippen LogP contribution in [0.2, 0.25) is 0 Å². The number of hydrogen-bond acceptors (Lipinski definition) is 7. The van der Waals surface area contributed by atoms with Gasteiger partial charge in [-0.25, -0.2) is 4.99 Å². The monoisotopic (exact) mass is 440 g/mol. The lowest BCUT2D eigenvalue weighted by Crippen LogP contribution is -2.44. The lowest BCUT2D eigenvalue weighted by molar-refractivity contribution is 0.312. The van der Waals surface area contributed by atoms with Crippen molar-refractivity contribution in [1.82, 2.24) is 10.2 Å². The van der Waals surface area contributed by atoms with Crippen LogP contribution in [0.1, 0.15) is 5.56 Å². The van der Waals surface area contributed by atoms with Crippen molar-refractivity contribution in [1.29, 1.82) is 0 Å². The van der Waals surface area contributed by atoms with E-state index in [-0.39, 0.29) is 6.29 Å². The number of methoxy groups -OCH3 is 1. The van der Waals surface area contributed by atoms with Gasteiger partial charge in [-0.2, -0.15) is 0 Å². The van der Waals surface area contributed by atoms with E-state index in [2.05, 4.69) is 62.9 Å². The molecule has 1 saturated heterocycles. The second-order valence-electron chi connectivity index (χ2n) is 7.81.